The Bertz CT molecular complexity index is 1340. The third kappa shape index (κ3) is 6.49. The van der Waals surface area contributed by atoms with Crippen LogP contribution in [0.25, 0.3) is 6.08 Å². The zero-order valence-corrected chi connectivity index (χ0v) is 23.5. The molecule has 1 aliphatic carbocycles. The number of benzene rings is 3. The van der Waals surface area contributed by atoms with Gasteiger partial charge in [-0.15, -0.1) is 0 Å². The van der Waals surface area contributed by atoms with E-state index in [9.17, 15) is 28.2 Å². The summed E-state index contributed by atoms with van der Waals surface area (Å²) >= 11 is -0.687. The normalized spacial score (nSPS) is 22.6. The first-order valence-electron chi connectivity index (χ1n) is 12.8. The van der Waals surface area contributed by atoms with Crippen LogP contribution in [0.4, 0.5) is 13.2 Å². The highest BCUT2D eigenvalue weighted by molar-refractivity contribution is 14.1. The van der Waals surface area contributed by atoms with Crippen molar-refractivity contribution in [3.05, 3.63) is 112 Å². The van der Waals surface area contributed by atoms with Gasteiger partial charge < -0.3 is 10.2 Å². The highest BCUT2D eigenvalue weighted by Gasteiger charge is 2.60. The number of halogens is 4. The number of nitrogens with one attached hydrogen (secondary N) is 1. The number of carboxylic acid groups (broad SMARTS) is 1. The zero-order chi connectivity index (χ0) is 28.1. The third-order valence-corrected chi connectivity index (χ3v) is 8.92. The Morgan fingerprint density at radius 3 is 2.28 bits per heavy atom. The van der Waals surface area contributed by atoms with Gasteiger partial charge in [-0.1, -0.05) is 72.8 Å². The van der Waals surface area contributed by atoms with Gasteiger partial charge in [-0.25, -0.2) is 4.79 Å². The number of aryl methyl sites for hydroxylation is 1. The van der Waals surface area contributed by atoms with E-state index in [1.165, 1.54) is 12.1 Å². The Morgan fingerprint density at radius 2 is 1.67 bits per heavy atom. The van der Waals surface area contributed by atoms with E-state index in [0.717, 1.165) is 21.1 Å². The first kappa shape index (κ1) is 29.1. The molecule has 206 valence electrons. The zero-order valence-electron chi connectivity index (χ0n) is 21.3. The second-order valence-corrected chi connectivity index (χ2v) is 12.0. The monoisotopic (exact) mass is 649 g/mol. The number of hydrogen-bond donors (Lipinski definition) is 3. The molecule has 2 atom stereocenters. The summed E-state index contributed by atoms with van der Waals surface area (Å²) in [7, 11) is 0. The fraction of sp³-hybridized carbons (Fsp3) is 0.323. The number of carbonyl (C=O) groups is 1. The number of aromatic carboxylic acids is 1. The molecule has 3 aromatic rings. The predicted octanol–water partition coefficient (Wildman–Crippen LogP) is 8.09. The van der Waals surface area contributed by atoms with E-state index in [0.29, 0.717) is 24.8 Å². The molecule has 0 spiro atoms. The van der Waals surface area contributed by atoms with Gasteiger partial charge in [0.2, 0.25) is 0 Å². The molecule has 0 heterocycles. The molecule has 4 nitrogen and oxygen atoms in total. The molecule has 3 aromatic carbocycles. The lowest BCUT2D eigenvalue weighted by Gasteiger charge is -2.47. The van der Waals surface area contributed by atoms with Crippen molar-refractivity contribution in [2.45, 2.75) is 55.7 Å². The van der Waals surface area contributed by atoms with Crippen LogP contribution in [0.1, 0.15) is 58.3 Å². The van der Waals surface area contributed by atoms with Crippen LogP contribution in [-0.4, -0.2) is 32.4 Å². The molecule has 39 heavy (non-hydrogen) atoms. The standard InChI is InChI=1S/C31H31F3INO3/c32-31(33,34)30(39)16-15-29(20-23-10-5-2-6-11-23,21-26(30)18-22-8-3-1-4-9-22)27-14-13-25(28(37)38)19-24(27)12-7-17-35-36/h1-6,8-11,13-14,18-19,36,39H,7,12,15-17,20-21H2,(H,37,38)/b26-18+/t29-,30+/m1/s1. The molecule has 1 aliphatic rings. The van der Waals surface area contributed by atoms with Gasteiger partial charge in [0.1, 0.15) is 0 Å². The van der Waals surface area contributed by atoms with E-state index in [4.69, 9.17) is 3.56 Å². The van der Waals surface area contributed by atoms with Gasteiger partial charge >= 0.3 is 12.1 Å². The Morgan fingerprint density at radius 1 is 1.00 bits per heavy atom. The smallest absolute Gasteiger partial charge is 0.421 e. The fourth-order valence-corrected chi connectivity index (χ4v) is 6.43. The minimum atomic E-state index is -4.85. The molecule has 3 N–H and O–H groups in total. The van der Waals surface area contributed by atoms with E-state index in [2.05, 4.69) is 0 Å². The van der Waals surface area contributed by atoms with Gasteiger partial charge in [0.15, 0.2) is 5.60 Å². The number of rotatable bonds is 9. The Hall–Kier alpha value is -2.85. The average Bonchev–Trinajstić information content (AvgIpc) is 2.91. The number of carboxylic acids is 1. The van der Waals surface area contributed by atoms with Crippen molar-refractivity contribution in [3.63, 3.8) is 0 Å². The molecule has 0 aromatic heterocycles. The minimum Gasteiger partial charge on any atom is -0.478 e. The Balaban J connectivity index is 1.91. The lowest BCUT2D eigenvalue weighted by molar-refractivity contribution is -0.252. The average molecular weight is 649 g/mol. The van der Waals surface area contributed by atoms with Gasteiger partial charge in [-0.3, -0.25) is 3.56 Å². The lowest BCUT2D eigenvalue weighted by atomic mass is 9.59. The van der Waals surface area contributed by atoms with E-state index < -0.39 is 50.6 Å². The highest BCUT2D eigenvalue weighted by Crippen LogP contribution is 2.54. The lowest BCUT2D eigenvalue weighted by Crippen LogP contribution is -2.53. The van der Waals surface area contributed by atoms with Crippen molar-refractivity contribution >= 4 is 33.1 Å². The van der Waals surface area contributed by atoms with E-state index in [1.54, 1.807) is 42.5 Å². The summed E-state index contributed by atoms with van der Waals surface area (Å²) in [6.45, 7) is 0. The molecule has 0 bridgehead atoms. The van der Waals surface area contributed by atoms with Crippen LogP contribution in [0.15, 0.2) is 84.4 Å². The highest BCUT2D eigenvalue weighted by atomic mass is 127. The van der Waals surface area contributed by atoms with Crippen molar-refractivity contribution in [3.8, 4) is 0 Å². The quantitative estimate of drug-likeness (QED) is 0.125. The second kappa shape index (κ2) is 12.1. The van der Waals surface area contributed by atoms with Crippen LogP contribution in [-0.2, 0) is 18.3 Å². The second-order valence-electron chi connectivity index (χ2n) is 10.2. The molecule has 4 rings (SSSR count). The van der Waals surface area contributed by atoms with Crippen molar-refractivity contribution in [1.82, 2.24) is 0 Å². The number of hydrogen-bond acceptors (Lipinski definition) is 3. The first-order chi connectivity index (χ1) is 18.6. The molecular weight excluding hydrogens is 618 g/mol. The summed E-state index contributed by atoms with van der Waals surface area (Å²) < 4.78 is 51.6. The van der Waals surface area contributed by atoms with Crippen molar-refractivity contribution in [1.29, 1.82) is 3.56 Å². The van der Waals surface area contributed by atoms with Crippen molar-refractivity contribution in [2.75, 3.05) is 4.43 Å². The van der Waals surface area contributed by atoms with Crippen LogP contribution in [0.2, 0.25) is 0 Å². The summed E-state index contributed by atoms with van der Waals surface area (Å²) in [4.78, 5) is 11.8. The van der Waals surface area contributed by atoms with Gasteiger partial charge in [-0.2, -0.15) is 13.2 Å². The summed E-state index contributed by atoms with van der Waals surface area (Å²) in [6, 6.07) is 23.2. The Labute approximate surface area is 236 Å². The van der Waals surface area contributed by atoms with Gasteiger partial charge in [0, 0.05) is 9.84 Å². The largest absolute Gasteiger partial charge is 0.478 e. The van der Waals surface area contributed by atoms with Gasteiger partial charge in [-0.05, 0) is 99.5 Å². The predicted molar refractivity (Wildman–Crippen MR) is 154 cm³/mol. The molecule has 0 saturated heterocycles. The fourth-order valence-electron chi connectivity index (χ4n) is 5.66. The third-order valence-electron chi connectivity index (χ3n) is 7.62. The van der Waals surface area contributed by atoms with Crippen LogP contribution >= 0.6 is 21.0 Å². The summed E-state index contributed by atoms with van der Waals surface area (Å²) in [5, 5.41) is 20.8. The van der Waals surface area contributed by atoms with Gasteiger partial charge in [0.25, 0.3) is 0 Å². The topological polar surface area (TPSA) is 81.4 Å². The molecule has 0 aliphatic heterocycles. The van der Waals surface area contributed by atoms with Crippen molar-refractivity contribution < 1.29 is 28.2 Å². The maximum Gasteiger partial charge on any atom is 0.421 e. The van der Waals surface area contributed by atoms with Crippen LogP contribution in [0, 0.1) is 3.56 Å². The van der Waals surface area contributed by atoms with E-state index >= 15 is 0 Å². The molecule has 8 heteroatoms. The van der Waals surface area contributed by atoms with Crippen molar-refractivity contribution in [2.24, 2.45) is 0 Å². The molecule has 0 radical (unpaired) electrons. The summed E-state index contributed by atoms with van der Waals surface area (Å²) in [5.41, 5.74) is -0.560. The maximum absolute atomic E-state index is 14.4. The summed E-state index contributed by atoms with van der Waals surface area (Å²) in [5.74, 6) is -1.06. The first-order valence-corrected chi connectivity index (χ1v) is 15.4. The molecule has 0 unspecified atom stereocenters. The molecule has 1 fully saturated rings. The molecule has 1 saturated carbocycles. The van der Waals surface area contributed by atoms with Crippen LogP contribution < -0.4 is 0 Å². The van der Waals surface area contributed by atoms with E-state index in [1.807, 2.05) is 30.3 Å². The Kier molecular flexibility index (Phi) is 9.06. The van der Waals surface area contributed by atoms with Gasteiger partial charge in [0.05, 0.1) is 5.56 Å². The summed E-state index contributed by atoms with van der Waals surface area (Å²) in [6.07, 6.45) is -2.13. The number of aliphatic hydroxyl groups is 1. The van der Waals surface area contributed by atoms with Crippen LogP contribution in [0.3, 0.4) is 0 Å². The maximum atomic E-state index is 14.4. The van der Waals surface area contributed by atoms with E-state index in [-0.39, 0.29) is 24.0 Å². The SMILES string of the molecule is N=ICCCc1cc(C(=O)O)ccc1[C@@]1(Cc2ccccc2)CC[C@@](O)(C(F)(F)F)/C(=C/c2ccccc2)C1. The molecular formula is C31H31F3INO3. The minimum absolute atomic E-state index is 0.0302. The number of alkyl halides is 4. The van der Waals surface area contributed by atoms with Crippen LogP contribution in [0.5, 0.6) is 0 Å². The molecule has 0 amide bonds.